The third-order valence-corrected chi connectivity index (χ3v) is 3.09. The first kappa shape index (κ1) is 11.8. The van der Waals surface area contributed by atoms with Crippen LogP contribution >= 0.6 is 0 Å². The van der Waals surface area contributed by atoms with Gasteiger partial charge in [0.1, 0.15) is 6.61 Å². The SMILES string of the molecule is NCCOc1c(-c2ccccc2)[nH]c2ccccc12. The zero-order valence-electron chi connectivity index (χ0n) is 10.6. The summed E-state index contributed by atoms with van der Waals surface area (Å²) in [5.74, 6) is 0.882. The lowest BCUT2D eigenvalue weighted by molar-refractivity contribution is 0.333. The molecule has 0 saturated heterocycles. The summed E-state index contributed by atoms with van der Waals surface area (Å²) in [6, 6.07) is 18.3. The van der Waals surface area contributed by atoms with Crippen molar-refractivity contribution in [2.75, 3.05) is 13.2 Å². The van der Waals surface area contributed by atoms with Crippen LogP contribution in [0.2, 0.25) is 0 Å². The maximum Gasteiger partial charge on any atom is 0.152 e. The first-order valence-electron chi connectivity index (χ1n) is 6.39. The van der Waals surface area contributed by atoms with Crippen LogP contribution in [0.5, 0.6) is 5.75 Å². The lowest BCUT2D eigenvalue weighted by atomic mass is 10.1. The van der Waals surface area contributed by atoms with Gasteiger partial charge in [0.05, 0.1) is 5.69 Å². The Kier molecular flexibility index (Phi) is 3.21. The zero-order chi connectivity index (χ0) is 13.1. The maximum atomic E-state index is 5.84. The Morgan fingerprint density at radius 3 is 2.47 bits per heavy atom. The molecule has 0 aliphatic heterocycles. The second kappa shape index (κ2) is 5.16. The molecule has 3 nitrogen and oxygen atoms in total. The number of benzene rings is 2. The van der Waals surface area contributed by atoms with E-state index in [9.17, 15) is 0 Å². The molecule has 0 saturated carbocycles. The van der Waals surface area contributed by atoms with E-state index in [1.54, 1.807) is 0 Å². The molecule has 0 bridgehead atoms. The third-order valence-electron chi connectivity index (χ3n) is 3.09. The van der Waals surface area contributed by atoms with Crippen molar-refractivity contribution in [3.8, 4) is 17.0 Å². The molecular weight excluding hydrogens is 236 g/mol. The molecule has 0 aliphatic carbocycles. The quantitative estimate of drug-likeness (QED) is 0.749. The monoisotopic (exact) mass is 252 g/mol. The fourth-order valence-corrected chi connectivity index (χ4v) is 2.24. The number of aromatic nitrogens is 1. The van der Waals surface area contributed by atoms with Crippen LogP contribution in [-0.2, 0) is 0 Å². The van der Waals surface area contributed by atoms with Gasteiger partial charge in [-0.15, -0.1) is 0 Å². The van der Waals surface area contributed by atoms with Crippen LogP contribution in [0.3, 0.4) is 0 Å². The minimum Gasteiger partial charge on any atom is -0.489 e. The normalized spacial score (nSPS) is 10.8. The molecule has 0 spiro atoms. The predicted molar refractivity (Wildman–Crippen MR) is 78.3 cm³/mol. The second-order valence-corrected chi connectivity index (χ2v) is 4.38. The van der Waals surface area contributed by atoms with Crippen molar-refractivity contribution in [1.82, 2.24) is 4.98 Å². The van der Waals surface area contributed by atoms with Gasteiger partial charge in [0.15, 0.2) is 5.75 Å². The Hall–Kier alpha value is -2.26. The van der Waals surface area contributed by atoms with Crippen LogP contribution in [0.15, 0.2) is 54.6 Å². The number of nitrogens with two attached hydrogens (primary N) is 1. The number of H-pyrrole nitrogens is 1. The number of hydrogen-bond donors (Lipinski definition) is 2. The van der Waals surface area contributed by atoms with Crippen molar-refractivity contribution in [3.05, 3.63) is 54.6 Å². The lowest BCUT2D eigenvalue weighted by Crippen LogP contribution is -2.10. The van der Waals surface area contributed by atoms with Gasteiger partial charge < -0.3 is 15.5 Å². The minimum atomic E-state index is 0.508. The molecule has 0 amide bonds. The van der Waals surface area contributed by atoms with Crippen molar-refractivity contribution < 1.29 is 4.74 Å². The molecule has 96 valence electrons. The fourth-order valence-electron chi connectivity index (χ4n) is 2.24. The zero-order valence-corrected chi connectivity index (χ0v) is 10.6. The maximum absolute atomic E-state index is 5.84. The molecule has 19 heavy (non-hydrogen) atoms. The summed E-state index contributed by atoms with van der Waals surface area (Å²) in [5, 5.41) is 1.09. The number of rotatable bonds is 4. The van der Waals surface area contributed by atoms with Gasteiger partial charge in [-0.2, -0.15) is 0 Å². The van der Waals surface area contributed by atoms with Gasteiger partial charge in [0, 0.05) is 23.0 Å². The summed E-state index contributed by atoms with van der Waals surface area (Å²) in [6.07, 6.45) is 0. The predicted octanol–water partition coefficient (Wildman–Crippen LogP) is 3.17. The van der Waals surface area contributed by atoms with E-state index in [0.717, 1.165) is 27.9 Å². The summed E-state index contributed by atoms with van der Waals surface area (Å²) >= 11 is 0. The molecule has 0 radical (unpaired) electrons. The van der Waals surface area contributed by atoms with Crippen LogP contribution in [0.1, 0.15) is 0 Å². The van der Waals surface area contributed by atoms with Crippen LogP contribution in [0.25, 0.3) is 22.2 Å². The van der Waals surface area contributed by atoms with Crippen LogP contribution in [0, 0.1) is 0 Å². The molecule has 1 aromatic heterocycles. The Morgan fingerprint density at radius 1 is 0.947 bits per heavy atom. The van der Waals surface area contributed by atoms with Crippen molar-refractivity contribution in [2.45, 2.75) is 0 Å². The van der Waals surface area contributed by atoms with Crippen LogP contribution in [0.4, 0.5) is 0 Å². The summed E-state index contributed by atoms with van der Waals surface area (Å²) in [5.41, 5.74) is 8.75. The van der Waals surface area contributed by atoms with Crippen molar-refractivity contribution in [3.63, 3.8) is 0 Å². The van der Waals surface area contributed by atoms with Gasteiger partial charge in [0.2, 0.25) is 0 Å². The highest BCUT2D eigenvalue weighted by molar-refractivity contribution is 5.94. The van der Waals surface area contributed by atoms with E-state index in [1.165, 1.54) is 0 Å². The lowest BCUT2D eigenvalue weighted by Gasteiger charge is -2.06. The van der Waals surface area contributed by atoms with Crippen molar-refractivity contribution in [1.29, 1.82) is 0 Å². The summed E-state index contributed by atoms with van der Waals surface area (Å²) in [4.78, 5) is 3.42. The van der Waals surface area contributed by atoms with E-state index in [4.69, 9.17) is 10.5 Å². The molecule has 3 rings (SSSR count). The van der Waals surface area contributed by atoms with E-state index in [-0.39, 0.29) is 0 Å². The summed E-state index contributed by atoms with van der Waals surface area (Å²) in [7, 11) is 0. The van der Waals surface area contributed by atoms with Gasteiger partial charge in [-0.1, -0.05) is 42.5 Å². The largest absolute Gasteiger partial charge is 0.489 e. The van der Waals surface area contributed by atoms with Gasteiger partial charge in [-0.3, -0.25) is 0 Å². The van der Waals surface area contributed by atoms with Gasteiger partial charge in [-0.25, -0.2) is 0 Å². The molecule has 3 heteroatoms. The van der Waals surface area contributed by atoms with E-state index in [1.807, 2.05) is 30.3 Å². The Bertz CT molecular complexity index is 674. The van der Waals surface area contributed by atoms with Gasteiger partial charge >= 0.3 is 0 Å². The van der Waals surface area contributed by atoms with Crippen LogP contribution in [-0.4, -0.2) is 18.1 Å². The Balaban J connectivity index is 2.17. The van der Waals surface area contributed by atoms with Gasteiger partial charge in [-0.05, 0) is 12.1 Å². The second-order valence-electron chi connectivity index (χ2n) is 4.38. The van der Waals surface area contributed by atoms with Crippen molar-refractivity contribution >= 4 is 10.9 Å². The average Bonchev–Trinajstić information content (AvgIpc) is 2.85. The molecular formula is C16H16N2O. The number of aromatic amines is 1. The van der Waals surface area contributed by atoms with Gasteiger partial charge in [0.25, 0.3) is 0 Å². The summed E-state index contributed by atoms with van der Waals surface area (Å²) < 4.78 is 5.84. The first-order valence-corrected chi connectivity index (χ1v) is 6.39. The highest BCUT2D eigenvalue weighted by Gasteiger charge is 2.13. The molecule has 1 heterocycles. The highest BCUT2D eigenvalue weighted by Crippen LogP contribution is 2.36. The number of fused-ring (bicyclic) bond motifs is 1. The molecule has 0 fully saturated rings. The standard InChI is InChI=1S/C16H16N2O/c17-10-11-19-16-13-8-4-5-9-14(13)18-15(16)12-6-2-1-3-7-12/h1-9,18H,10-11,17H2. The molecule has 3 N–H and O–H groups in total. The fraction of sp³-hybridized carbons (Fsp3) is 0.125. The van der Waals surface area contributed by atoms with E-state index >= 15 is 0 Å². The molecule has 0 unspecified atom stereocenters. The number of para-hydroxylation sites is 1. The average molecular weight is 252 g/mol. The Morgan fingerprint density at radius 2 is 1.68 bits per heavy atom. The smallest absolute Gasteiger partial charge is 0.152 e. The highest BCUT2D eigenvalue weighted by atomic mass is 16.5. The number of hydrogen-bond acceptors (Lipinski definition) is 2. The van der Waals surface area contributed by atoms with E-state index in [0.29, 0.717) is 13.2 Å². The first-order chi connectivity index (χ1) is 9.40. The number of ether oxygens (including phenoxy) is 1. The molecule has 0 aliphatic rings. The molecule has 2 aromatic carbocycles. The number of nitrogens with one attached hydrogen (secondary N) is 1. The minimum absolute atomic E-state index is 0.508. The van der Waals surface area contributed by atoms with E-state index < -0.39 is 0 Å². The Labute approximate surface area is 112 Å². The molecule has 0 atom stereocenters. The summed E-state index contributed by atoms with van der Waals surface area (Å²) in [6.45, 7) is 1.02. The van der Waals surface area contributed by atoms with Crippen molar-refractivity contribution in [2.24, 2.45) is 5.73 Å². The van der Waals surface area contributed by atoms with E-state index in [2.05, 4.69) is 29.2 Å². The molecule has 3 aromatic rings. The van der Waals surface area contributed by atoms with Crippen LogP contribution < -0.4 is 10.5 Å². The topological polar surface area (TPSA) is 51.0 Å². The third kappa shape index (κ3) is 2.20.